The maximum atomic E-state index is 10.9. The zero-order valence-corrected chi connectivity index (χ0v) is 19.5. The van der Waals surface area contributed by atoms with Crippen LogP contribution in [0.2, 0.25) is 0 Å². The van der Waals surface area contributed by atoms with Crippen LogP contribution in [0.15, 0.2) is 24.3 Å². The molecule has 1 heterocycles. The molecular formula is C26H38N2O2. The van der Waals surface area contributed by atoms with Crippen LogP contribution in [0.5, 0.6) is 11.5 Å². The van der Waals surface area contributed by atoms with E-state index in [-0.39, 0.29) is 0 Å². The van der Waals surface area contributed by atoms with Crippen molar-refractivity contribution in [1.82, 2.24) is 9.80 Å². The van der Waals surface area contributed by atoms with Crippen molar-refractivity contribution in [2.45, 2.75) is 72.9 Å². The van der Waals surface area contributed by atoms with Crippen LogP contribution in [0.4, 0.5) is 0 Å². The van der Waals surface area contributed by atoms with E-state index in [1.165, 1.54) is 11.1 Å². The van der Waals surface area contributed by atoms with Gasteiger partial charge in [0.1, 0.15) is 11.5 Å². The molecule has 2 aromatic rings. The number of aromatic hydroxyl groups is 2. The van der Waals surface area contributed by atoms with E-state index in [2.05, 4.69) is 61.8 Å². The molecule has 0 amide bonds. The molecule has 0 aromatic heterocycles. The largest absolute Gasteiger partial charge is 0.507 e. The fraction of sp³-hybridized carbons (Fsp3) is 0.538. The molecule has 1 fully saturated rings. The van der Waals surface area contributed by atoms with Crippen molar-refractivity contribution in [2.24, 2.45) is 0 Å². The van der Waals surface area contributed by atoms with Crippen LogP contribution < -0.4 is 0 Å². The normalized spacial score (nSPS) is 16.0. The van der Waals surface area contributed by atoms with Gasteiger partial charge >= 0.3 is 0 Å². The van der Waals surface area contributed by atoms with Crippen molar-refractivity contribution >= 4 is 0 Å². The number of hydrogen-bond donors (Lipinski definition) is 2. The van der Waals surface area contributed by atoms with E-state index in [0.29, 0.717) is 23.3 Å². The lowest BCUT2D eigenvalue weighted by atomic mass is 9.91. The average molecular weight is 411 g/mol. The summed E-state index contributed by atoms with van der Waals surface area (Å²) in [6, 6.07) is 8.55. The van der Waals surface area contributed by atoms with E-state index >= 15 is 0 Å². The van der Waals surface area contributed by atoms with Gasteiger partial charge in [0.2, 0.25) is 0 Å². The Labute approximate surface area is 182 Å². The Bertz CT molecular complexity index is 866. The second-order valence-electron chi connectivity index (χ2n) is 9.61. The predicted octanol–water partition coefficient (Wildman–Crippen LogP) is 5.63. The molecule has 0 radical (unpaired) electrons. The minimum absolute atomic E-state index is 0.307. The second kappa shape index (κ2) is 9.40. The number of hydrogen-bond acceptors (Lipinski definition) is 4. The summed E-state index contributed by atoms with van der Waals surface area (Å²) in [6.07, 6.45) is 1.12. The van der Waals surface area contributed by atoms with E-state index in [9.17, 15) is 10.2 Å². The maximum Gasteiger partial charge on any atom is 0.123 e. The maximum absolute atomic E-state index is 10.9. The van der Waals surface area contributed by atoms with Crippen LogP contribution in [0, 0.1) is 13.8 Å². The van der Waals surface area contributed by atoms with E-state index < -0.39 is 0 Å². The lowest BCUT2D eigenvalue weighted by Gasteiger charge is -2.36. The molecule has 30 heavy (non-hydrogen) atoms. The van der Waals surface area contributed by atoms with Crippen molar-refractivity contribution in [2.75, 3.05) is 19.8 Å². The highest BCUT2D eigenvalue weighted by molar-refractivity contribution is 5.46. The van der Waals surface area contributed by atoms with Gasteiger partial charge < -0.3 is 10.2 Å². The highest BCUT2D eigenvalue weighted by Gasteiger charge is 2.21. The van der Waals surface area contributed by atoms with Gasteiger partial charge in [-0.15, -0.1) is 0 Å². The van der Waals surface area contributed by atoms with Crippen molar-refractivity contribution in [3.8, 4) is 11.5 Å². The Morgan fingerprint density at radius 3 is 1.97 bits per heavy atom. The molecular weight excluding hydrogens is 372 g/mol. The van der Waals surface area contributed by atoms with Gasteiger partial charge in [-0.2, -0.15) is 0 Å². The lowest BCUT2D eigenvalue weighted by Crippen LogP contribution is -2.43. The molecule has 0 saturated carbocycles. The van der Waals surface area contributed by atoms with E-state index in [4.69, 9.17) is 0 Å². The molecule has 1 aliphatic heterocycles. The fourth-order valence-electron chi connectivity index (χ4n) is 4.47. The van der Waals surface area contributed by atoms with Gasteiger partial charge in [-0.1, -0.05) is 52.0 Å². The van der Waals surface area contributed by atoms with E-state index in [0.717, 1.165) is 61.5 Å². The first kappa shape index (κ1) is 22.6. The second-order valence-corrected chi connectivity index (χ2v) is 9.61. The van der Waals surface area contributed by atoms with Gasteiger partial charge in [0.25, 0.3) is 0 Å². The first-order chi connectivity index (χ1) is 14.2. The molecule has 3 rings (SSSR count). The SMILES string of the molecule is Cc1cc(CN2CCCN(Cc3cc(C(C)C)cc(C(C)C)c3O)C2)cc(C)c1O. The summed E-state index contributed by atoms with van der Waals surface area (Å²) in [5.41, 5.74) is 6.53. The molecule has 2 aromatic carbocycles. The van der Waals surface area contributed by atoms with Gasteiger partial charge in [0.05, 0.1) is 6.67 Å². The zero-order valence-electron chi connectivity index (χ0n) is 19.5. The Kier molecular flexibility index (Phi) is 7.10. The number of benzene rings is 2. The van der Waals surface area contributed by atoms with Crippen molar-refractivity contribution < 1.29 is 10.2 Å². The number of nitrogens with zero attached hydrogens (tertiary/aromatic N) is 2. The van der Waals surface area contributed by atoms with Crippen molar-refractivity contribution in [3.63, 3.8) is 0 Å². The van der Waals surface area contributed by atoms with Gasteiger partial charge in [0.15, 0.2) is 0 Å². The number of phenolic OH excluding ortho intramolecular Hbond substituents is 2. The van der Waals surface area contributed by atoms with E-state index in [1.807, 2.05) is 13.8 Å². The minimum atomic E-state index is 0.307. The average Bonchev–Trinajstić information content (AvgIpc) is 2.67. The highest BCUT2D eigenvalue weighted by Crippen LogP contribution is 2.34. The first-order valence-corrected chi connectivity index (χ1v) is 11.2. The molecule has 4 nitrogen and oxygen atoms in total. The van der Waals surface area contributed by atoms with Crippen LogP contribution in [0.25, 0.3) is 0 Å². The highest BCUT2D eigenvalue weighted by atomic mass is 16.3. The minimum Gasteiger partial charge on any atom is -0.507 e. The molecule has 2 N–H and O–H groups in total. The fourth-order valence-corrected chi connectivity index (χ4v) is 4.47. The van der Waals surface area contributed by atoms with Crippen molar-refractivity contribution in [3.05, 3.63) is 57.6 Å². The summed E-state index contributed by atoms with van der Waals surface area (Å²) >= 11 is 0. The summed E-state index contributed by atoms with van der Waals surface area (Å²) in [4.78, 5) is 4.90. The van der Waals surface area contributed by atoms with Crippen LogP contribution in [-0.4, -0.2) is 39.8 Å². The summed E-state index contributed by atoms with van der Waals surface area (Å²) in [5.74, 6) is 1.62. The van der Waals surface area contributed by atoms with Crippen LogP contribution >= 0.6 is 0 Å². The monoisotopic (exact) mass is 410 g/mol. The quantitative estimate of drug-likeness (QED) is 0.648. The molecule has 0 aliphatic carbocycles. The topological polar surface area (TPSA) is 46.9 Å². The summed E-state index contributed by atoms with van der Waals surface area (Å²) in [7, 11) is 0. The Morgan fingerprint density at radius 1 is 0.800 bits per heavy atom. The molecule has 0 spiro atoms. The smallest absolute Gasteiger partial charge is 0.123 e. The van der Waals surface area contributed by atoms with Gasteiger partial charge in [-0.05, 0) is 59.9 Å². The Morgan fingerprint density at radius 2 is 1.40 bits per heavy atom. The van der Waals surface area contributed by atoms with Crippen LogP contribution in [0.1, 0.15) is 79.3 Å². The summed E-state index contributed by atoms with van der Waals surface area (Å²) in [5, 5.41) is 21.0. The summed E-state index contributed by atoms with van der Waals surface area (Å²) < 4.78 is 0. The third-order valence-electron chi connectivity index (χ3n) is 6.23. The van der Waals surface area contributed by atoms with Crippen LogP contribution in [0.3, 0.4) is 0 Å². The molecule has 1 aliphatic rings. The molecule has 0 bridgehead atoms. The number of aryl methyl sites for hydroxylation is 2. The van der Waals surface area contributed by atoms with Gasteiger partial charge in [-0.3, -0.25) is 9.80 Å². The molecule has 4 heteroatoms. The first-order valence-electron chi connectivity index (χ1n) is 11.2. The van der Waals surface area contributed by atoms with Gasteiger partial charge in [0, 0.05) is 31.7 Å². The zero-order chi connectivity index (χ0) is 22.0. The van der Waals surface area contributed by atoms with Crippen molar-refractivity contribution in [1.29, 1.82) is 0 Å². The summed E-state index contributed by atoms with van der Waals surface area (Å²) in [6.45, 7) is 17.3. The van der Waals surface area contributed by atoms with Crippen LogP contribution in [-0.2, 0) is 13.1 Å². The third-order valence-corrected chi connectivity index (χ3v) is 6.23. The molecule has 0 atom stereocenters. The van der Waals surface area contributed by atoms with Gasteiger partial charge in [-0.25, -0.2) is 0 Å². The lowest BCUT2D eigenvalue weighted by molar-refractivity contribution is 0.0739. The molecule has 0 unspecified atom stereocenters. The number of phenols is 2. The standard InChI is InChI=1S/C26H38N2O2/c1-17(2)22-12-23(26(30)24(13-22)18(3)4)15-28-9-7-8-27(16-28)14-21-10-19(5)25(29)20(6)11-21/h10-13,17-18,29-30H,7-9,14-16H2,1-6H3. The Hall–Kier alpha value is -2.04. The Balaban J connectivity index is 1.75. The molecule has 164 valence electrons. The van der Waals surface area contributed by atoms with E-state index in [1.54, 1.807) is 0 Å². The third kappa shape index (κ3) is 5.16. The molecule has 1 saturated heterocycles. The predicted molar refractivity (Wildman–Crippen MR) is 124 cm³/mol. The number of rotatable bonds is 6.